The summed E-state index contributed by atoms with van der Waals surface area (Å²) in [7, 11) is 1.68. The summed E-state index contributed by atoms with van der Waals surface area (Å²) < 4.78 is 11.2. The number of hydrazine groups is 1. The van der Waals surface area contributed by atoms with Gasteiger partial charge in [0.2, 0.25) is 0 Å². The van der Waals surface area contributed by atoms with E-state index in [1.54, 1.807) is 7.11 Å². The van der Waals surface area contributed by atoms with Gasteiger partial charge in [-0.05, 0) is 36.5 Å². The van der Waals surface area contributed by atoms with Crippen LogP contribution in [0, 0.1) is 5.41 Å². The average molecular weight is 280 g/mol. The highest BCUT2D eigenvalue weighted by Gasteiger charge is 2.32. The first kappa shape index (κ1) is 17.0. The second-order valence-electron chi connectivity index (χ2n) is 6.07. The van der Waals surface area contributed by atoms with Gasteiger partial charge in [-0.2, -0.15) is 0 Å². The number of nitrogens with one attached hydrogen (secondary N) is 1. The minimum atomic E-state index is 0.0198. The maximum Gasteiger partial charge on any atom is 0.119 e. The van der Waals surface area contributed by atoms with Crippen LogP contribution in [-0.4, -0.2) is 25.9 Å². The van der Waals surface area contributed by atoms with E-state index in [-0.39, 0.29) is 17.6 Å². The van der Waals surface area contributed by atoms with E-state index in [1.807, 2.05) is 25.1 Å². The molecular weight excluding hydrogens is 252 g/mol. The standard InChI is InChI=1S/C16H28N2O2/c1-6-20-15(16(2,3)4)14(18-17)11-12-8-7-9-13(10-12)19-5/h7-10,14-15,18H,6,11,17H2,1-5H3. The van der Waals surface area contributed by atoms with Crippen LogP contribution >= 0.6 is 0 Å². The summed E-state index contributed by atoms with van der Waals surface area (Å²) in [6.45, 7) is 9.20. The molecule has 4 heteroatoms. The fourth-order valence-corrected chi connectivity index (χ4v) is 2.46. The van der Waals surface area contributed by atoms with Crippen LogP contribution in [0.25, 0.3) is 0 Å². The van der Waals surface area contributed by atoms with Crippen molar-refractivity contribution in [1.29, 1.82) is 0 Å². The van der Waals surface area contributed by atoms with Crippen molar-refractivity contribution in [2.75, 3.05) is 13.7 Å². The van der Waals surface area contributed by atoms with E-state index in [0.717, 1.165) is 12.2 Å². The molecule has 0 radical (unpaired) electrons. The monoisotopic (exact) mass is 280 g/mol. The SMILES string of the molecule is CCOC(C(Cc1cccc(OC)c1)NN)C(C)(C)C. The maximum absolute atomic E-state index is 5.91. The predicted molar refractivity (Wildman–Crippen MR) is 82.7 cm³/mol. The molecule has 3 N–H and O–H groups in total. The molecule has 1 aromatic carbocycles. The van der Waals surface area contributed by atoms with Crippen LogP contribution in [0.1, 0.15) is 33.3 Å². The molecule has 4 nitrogen and oxygen atoms in total. The molecule has 0 fully saturated rings. The van der Waals surface area contributed by atoms with E-state index in [4.69, 9.17) is 15.3 Å². The van der Waals surface area contributed by atoms with Crippen molar-refractivity contribution in [3.05, 3.63) is 29.8 Å². The van der Waals surface area contributed by atoms with E-state index < -0.39 is 0 Å². The van der Waals surface area contributed by atoms with Gasteiger partial charge in [0.1, 0.15) is 5.75 Å². The quantitative estimate of drug-likeness (QED) is 0.595. The van der Waals surface area contributed by atoms with Crippen molar-refractivity contribution in [3.63, 3.8) is 0 Å². The Morgan fingerprint density at radius 3 is 2.50 bits per heavy atom. The molecule has 2 atom stereocenters. The van der Waals surface area contributed by atoms with Gasteiger partial charge in [0, 0.05) is 6.61 Å². The topological polar surface area (TPSA) is 56.5 Å². The van der Waals surface area contributed by atoms with Crippen molar-refractivity contribution in [1.82, 2.24) is 5.43 Å². The smallest absolute Gasteiger partial charge is 0.119 e. The molecule has 114 valence electrons. The second kappa shape index (κ2) is 7.62. The third-order valence-electron chi connectivity index (χ3n) is 3.37. The predicted octanol–water partition coefficient (Wildman–Crippen LogP) is 2.52. The Bertz CT molecular complexity index is 402. The van der Waals surface area contributed by atoms with E-state index in [9.17, 15) is 0 Å². The Morgan fingerprint density at radius 2 is 2.00 bits per heavy atom. The molecule has 0 aliphatic heterocycles. The molecule has 0 aliphatic carbocycles. The van der Waals surface area contributed by atoms with Gasteiger partial charge in [-0.3, -0.25) is 11.3 Å². The third kappa shape index (κ3) is 4.78. The van der Waals surface area contributed by atoms with Gasteiger partial charge < -0.3 is 9.47 Å². The molecule has 0 saturated carbocycles. The molecule has 0 aromatic heterocycles. The van der Waals surface area contributed by atoms with Crippen molar-refractivity contribution < 1.29 is 9.47 Å². The van der Waals surface area contributed by atoms with Crippen molar-refractivity contribution >= 4 is 0 Å². The van der Waals surface area contributed by atoms with Gasteiger partial charge in [-0.15, -0.1) is 0 Å². The van der Waals surface area contributed by atoms with E-state index in [0.29, 0.717) is 6.61 Å². The third-order valence-corrected chi connectivity index (χ3v) is 3.37. The lowest BCUT2D eigenvalue weighted by Gasteiger charge is -2.36. The molecule has 0 amide bonds. The first-order valence-electron chi connectivity index (χ1n) is 7.13. The Morgan fingerprint density at radius 1 is 1.30 bits per heavy atom. The van der Waals surface area contributed by atoms with E-state index >= 15 is 0 Å². The zero-order chi connectivity index (χ0) is 15.2. The summed E-state index contributed by atoms with van der Waals surface area (Å²) in [6.07, 6.45) is 0.846. The Kier molecular flexibility index (Phi) is 6.46. The highest BCUT2D eigenvalue weighted by atomic mass is 16.5. The minimum absolute atomic E-state index is 0.0198. The van der Waals surface area contributed by atoms with Gasteiger partial charge in [0.15, 0.2) is 0 Å². The Labute approximate surface area is 122 Å². The molecule has 1 aromatic rings. The van der Waals surface area contributed by atoms with Crippen molar-refractivity contribution in [2.24, 2.45) is 11.3 Å². The summed E-state index contributed by atoms with van der Waals surface area (Å²) in [6, 6.07) is 8.11. The van der Waals surface area contributed by atoms with Crippen LogP contribution in [0.5, 0.6) is 5.75 Å². The number of hydrogen-bond donors (Lipinski definition) is 2. The highest BCUT2D eigenvalue weighted by molar-refractivity contribution is 5.29. The highest BCUT2D eigenvalue weighted by Crippen LogP contribution is 2.27. The number of hydrogen-bond acceptors (Lipinski definition) is 4. The molecule has 20 heavy (non-hydrogen) atoms. The van der Waals surface area contributed by atoms with Crippen molar-refractivity contribution in [3.8, 4) is 5.75 Å². The van der Waals surface area contributed by atoms with E-state index in [2.05, 4.69) is 32.3 Å². The number of nitrogens with two attached hydrogens (primary N) is 1. The maximum atomic E-state index is 5.91. The summed E-state index contributed by atoms with van der Waals surface area (Å²) in [4.78, 5) is 0. The van der Waals surface area contributed by atoms with Crippen LogP contribution in [0.2, 0.25) is 0 Å². The molecule has 0 bridgehead atoms. The largest absolute Gasteiger partial charge is 0.497 e. The average Bonchev–Trinajstić information content (AvgIpc) is 2.41. The van der Waals surface area contributed by atoms with Gasteiger partial charge in [-0.25, -0.2) is 0 Å². The van der Waals surface area contributed by atoms with Gasteiger partial charge in [-0.1, -0.05) is 32.9 Å². The molecule has 0 spiro atoms. The molecule has 0 saturated heterocycles. The normalized spacial score (nSPS) is 14.9. The Balaban J connectivity index is 2.88. The van der Waals surface area contributed by atoms with Crippen LogP contribution in [-0.2, 0) is 11.2 Å². The summed E-state index contributed by atoms with van der Waals surface area (Å²) >= 11 is 0. The lowest BCUT2D eigenvalue weighted by Crippen LogP contribution is -2.52. The minimum Gasteiger partial charge on any atom is -0.497 e. The lowest BCUT2D eigenvalue weighted by molar-refractivity contribution is -0.0356. The zero-order valence-corrected chi connectivity index (χ0v) is 13.3. The summed E-state index contributed by atoms with van der Waals surface area (Å²) in [5.41, 5.74) is 4.12. The number of methoxy groups -OCH3 is 1. The summed E-state index contributed by atoms with van der Waals surface area (Å²) in [5.74, 6) is 6.62. The molecule has 1 rings (SSSR count). The summed E-state index contributed by atoms with van der Waals surface area (Å²) in [5, 5.41) is 0. The second-order valence-corrected chi connectivity index (χ2v) is 6.07. The van der Waals surface area contributed by atoms with Crippen LogP contribution in [0.15, 0.2) is 24.3 Å². The van der Waals surface area contributed by atoms with Gasteiger partial charge >= 0.3 is 0 Å². The van der Waals surface area contributed by atoms with Crippen LogP contribution in [0.3, 0.4) is 0 Å². The first-order valence-corrected chi connectivity index (χ1v) is 7.13. The number of benzene rings is 1. The Hall–Kier alpha value is -1.10. The zero-order valence-electron chi connectivity index (χ0n) is 13.3. The van der Waals surface area contributed by atoms with E-state index in [1.165, 1.54) is 5.56 Å². The number of ether oxygens (including phenoxy) is 2. The fraction of sp³-hybridized carbons (Fsp3) is 0.625. The number of rotatable bonds is 7. The molecule has 0 heterocycles. The molecule has 0 aliphatic rings. The van der Waals surface area contributed by atoms with Gasteiger partial charge in [0.25, 0.3) is 0 Å². The van der Waals surface area contributed by atoms with Crippen LogP contribution in [0.4, 0.5) is 0 Å². The van der Waals surface area contributed by atoms with Crippen LogP contribution < -0.4 is 16.0 Å². The first-order chi connectivity index (χ1) is 9.42. The fourth-order valence-electron chi connectivity index (χ4n) is 2.46. The molecular formula is C16H28N2O2. The molecule has 2 unspecified atom stereocenters. The van der Waals surface area contributed by atoms with Crippen molar-refractivity contribution in [2.45, 2.75) is 46.3 Å². The van der Waals surface area contributed by atoms with Gasteiger partial charge in [0.05, 0.1) is 19.3 Å². The lowest BCUT2D eigenvalue weighted by atomic mass is 9.82.